The number of ether oxygens (including phenoxy) is 1. The molecule has 0 bridgehead atoms. The Morgan fingerprint density at radius 1 is 1.12 bits per heavy atom. The minimum Gasteiger partial charge on any atom is -0.497 e. The van der Waals surface area contributed by atoms with Crippen molar-refractivity contribution in [3.8, 4) is 5.75 Å². The summed E-state index contributed by atoms with van der Waals surface area (Å²) >= 11 is 12.6. The van der Waals surface area contributed by atoms with E-state index < -0.39 is 0 Å². The van der Waals surface area contributed by atoms with E-state index in [1.165, 1.54) is 5.56 Å². The molecule has 5 nitrogen and oxygen atoms in total. The highest BCUT2D eigenvalue weighted by molar-refractivity contribution is 6.32. The van der Waals surface area contributed by atoms with Gasteiger partial charge in [-0.15, -0.1) is 0 Å². The topological polar surface area (TPSA) is 57.4 Å². The highest BCUT2D eigenvalue weighted by Gasteiger charge is 2.35. The van der Waals surface area contributed by atoms with E-state index in [1.807, 2.05) is 72.5 Å². The lowest BCUT2D eigenvalue weighted by molar-refractivity contribution is 0.193. The van der Waals surface area contributed by atoms with Crippen molar-refractivity contribution in [3.05, 3.63) is 93.1 Å². The van der Waals surface area contributed by atoms with Crippen molar-refractivity contribution in [3.63, 3.8) is 0 Å². The molecule has 4 aromatic rings. The first kappa shape index (κ1) is 21.7. The van der Waals surface area contributed by atoms with Gasteiger partial charge in [0.05, 0.1) is 13.2 Å². The number of carbonyl (C=O) groups excluding carboxylic acids is 1. The number of carbonyl (C=O) groups is 1. The number of amides is 2. The average Bonchev–Trinajstić information content (AvgIpc) is 3.19. The van der Waals surface area contributed by atoms with Crippen LogP contribution in [0.1, 0.15) is 28.4 Å². The largest absolute Gasteiger partial charge is 0.497 e. The second-order valence-electron chi connectivity index (χ2n) is 8.17. The van der Waals surface area contributed by atoms with Crippen LogP contribution in [-0.4, -0.2) is 29.6 Å². The van der Waals surface area contributed by atoms with Crippen molar-refractivity contribution in [1.82, 2.24) is 9.88 Å². The number of halogens is 2. The molecule has 2 heterocycles. The fourth-order valence-corrected chi connectivity index (χ4v) is 4.89. The monoisotopic (exact) mass is 479 g/mol. The van der Waals surface area contributed by atoms with Gasteiger partial charge in [0.15, 0.2) is 0 Å². The van der Waals surface area contributed by atoms with Crippen molar-refractivity contribution < 1.29 is 9.53 Å². The number of aromatic amines is 1. The molecule has 1 atom stereocenters. The summed E-state index contributed by atoms with van der Waals surface area (Å²) < 4.78 is 5.34. The molecule has 5 rings (SSSR count). The molecule has 168 valence electrons. The van der Waals surface area contributed by atoms with Crippen LogP contribution in [0.5, 0.6) is 5.75 Å². The van der Waals surface area contributed by atoms with Crippen LogP contribution in [-0.2, 0) is 6.42 Å². The summed E-state index contributed by atoms with van der Waals surface area (Å²) in [5.41, 5.74) is 5.74. The number of fused-ring (bicyclic) bond motifs is 3. The van der Waals surface area contributed by atoms with E-state index in [2.05, 4.69) is 10.3 Å². The van der Waals surface area contributed by atoms with E-state index in [4.69, 9.17) is 27.9 Å². The van der Waals surface area contributed by atoms with Gasteiger partial charge < -0.3 is 19.9 Å². The van der Waals surface area contributed by atoms with Gasteiger partial charge >= 0.3 is 6.03 Å². The molecule has 0 aliphatic carbocycles. The van der Waals surface area contributed by atoms with Crippen LogP contribution in [0.15, 0.2) is 60.7 Å². The van der Waals surface area contributed by atoms with Crippen molar-refractivity contribution in [2.75, 3.05) is 19.0 Å². The van der Waals surface area contributed by atoms with Gasteiger partial charge in [-0.3, -0.25) is 0 Å². The first-order valence-electron chi connectivity index (χ1n) is 10.7. The summed E-state index contributed by atoms with van der Waals surface area (Å²) in [4.78, 5) is 18.9. The van der Waals surface area contributed by atoms with Crippen LogP contribution >= 0.6 is 23.2 Å². The number of hydrogen-bond acceptors (Lipinski definition) is 2. The Kier molecular flexibility index (Phi) is 5.69. The number of anilines is 1. The summed E-state index contributed by atoms with van der Waals surface area (Å²) in [5.74, 6) is 0.767. The number of nitrogens with zero attached hydrogens (tertiary/aromatic N) is 1. The fourth-order valence-electron chi connectivity index (χ4n) is 4.54. The number of nitrogens with one attached hydrogen (secondary N) is 2. The minimum absolute atomic E-state index is 0.177. The lowest BCUT2D eigenvalue weighted by Crippen LogP contribution is -2.43. The smallest absolute Gasteiger partial charge is 0.322 e. The lowest BCUT2D eigenvalue weighted by Gasteiger charge is -2.36. The van der Waals surface area contributed by atoms with Gasteiger partial charge in [-0.05, 0) is 72.5 Å². The Labute approximate surface area is 202 Å². The summed E-state index contributed by atoms with van der Waals surface area (Å²) in [6, 6.07) is 18.7. The molecule has 2 N–H and O–H groups in total. The van der Waals surface area contributed by atoms with Crippen molar-refractivity contribution in [2.45, 2.75) is 19.4 Å². The zero-order valence-corrected chi connectivity index (χ0v) is 19.8. The Balaban J connectivity index is 1.59. The molecule has 2 amide bonds. The first-order valence-corrected chi connectivity index (χ1v) is 11.5. The molecule has 1 aliphatic heterocycles. The third-order valence-corrected chi connectivity index (χ3v) is 6.94. The first-order chi connectivity index (χ1) is 16.0. The molecule has 0 saturated heterocycles. The maximum Gasteiger partial charge on any atom is 0.322 e. The van der Waals surface area contributed by atoms with Crippen LogP contribution in [0.2, 0.25) is 10.0 Å². The lowest BCUT2D eigenvalue weighted by atomic mass is 9.92. The summed E-state index contributed by atoms with van der Waals surface area (Å²) in [7, 11) is 1.64. The summed E-state index contributed by atoms with van der Waals surface area (Å²) in [6.07, 6.45) is 0.726. The van der Waals surface area contributed by atoms with E-state index in [9.17, 15) is 4.79 Å². The van der Waals surface area contributed by atoms with Crippen molar-refractivity contribution in [1.29, 1.82) is 0 Å². The Bertz CT molecular complexity index is 1350. The van der Waals surface area contributed by atoms with Gasteiger partial charge in [0.2, 0.25) is 0 Å². The maximum atomic E-state index is 13.5. The van der Waals surface area contributed by atoms with Gasteiger partial charge in [0, 0.05) is 38.9 Å². The number of aromatic nitrogens is 1. The minimum atomic E-state index is -0.287. The van der Waals surface area contributed by atoms with E-state index in [0.717, 1.165) is 39.9 Å². The van der Waals surface area contributed by atoms with E-state index >= 15 is 0 Å². The maximum absolute atomic E-state index is 13.5. The predicted molar refractivity (Wildman–Crippen MR) is 134 cm³/mol. The van der Waals surface area contributed by atoms with Crippen LogP contribution in [0.3, 0.4) is 0 Å². The number of hydrogen-bond donors (Lipinski definition) is 2. The Hall–Kier alpha value is -3.15. The molecular formula is C26H23Cl2N3O2. The second kappa shape index (κ2) is 8.65. The van der Waals surface area contributed by atoms with Crippen molar-refractivity contribution >= 4 is 45.8 Å². The molecule has 1 unspecified atom stereocenters. The molecule has 0 spiro atoms. The Morgan fingerprint density at radius 2 is 1.91 bits per heavy atom. The quantitative estimate of drug-likeness (QED) is 0.333. The van der Waals surface area contributed by atoms with Gasteiger partial charge in [0.25, 0.3) is 0 Å². The average molecular weight is 480 g/mol. The molecule has 7 heteroatoms. The third-order valence-electron chi connectivity index (χ3n) is 6.29. The van der Waals surface area contributed by atoms with Crippen LogP contribution in [0.25, 0.3) is 10.9 Å². The van der Waals surface area contributed by atoms with Gasteiger partial charge in [-0.1, -0.05) is 41.4 Å². The van der Waals surface area contributed by atoms with Crippen molar-refractivity contribution in [2.24, 2.45) is 0 Å². The van der Waals surface area contributed by atoms with Gasteiger partial charge in [-0.25, -0.2) is 4.79 Å². The number of urea groups is 1. The SMILES string of the molecule is COc1ccc(C2c3[nH]c4ccc(Cl)cc4c3CCN2C(=O)Nc2cccc(Cl)c2C)cc1. The normalized spacial score (nSPS) is 15.4. The number of rotatable bonds is 3. The van der Waals surface area contributed by atoms with Crippen LogP contribution < -0.4 is 10.1 Å². The number of benzene rings is 3. The number of methoxy groups -OCH3 is 1. The summed E-state index contributed by atoms with van der Waals surface area (Å²) in [6.45, 7) is 2.46. The molecule has 1 aliphatic rings. The second-order valence-corrected chi connectivity index (χ2v) is 9.01. The molecule has 33 heavy (non-hydrogen) atoms. The van der Waals surface area contributed by atoms with Gasteiger partial charge in [-0.2, -0.15) is 0 Å². The standard InChI is InChI=1S/C26H23Cl2N3O2/c1-15-21(28)4-3-5-22(15)30-26(32)31-13-12-19-20-14-17(27)8-11-23(20)29-24(19)25(31)16-6-9-18(33-2)10-7-16/h3-11,14,25,29H,12-13H2,1-2H3,(H,30,32). The van der Waals surface area contributed by atoms with Crippen LogP contribution in [0, 0.1) is 6.92 Å². The fraction of sp³-hybridized carbons (Fsp3) is 0.192. The van der Waals surface area contributed by atoms with E-state index in [1.54, 1.807) is 7.11 Å². The zero-order chi connectivity index (χ0) is 23.1. The zero-order valence-electron chi connectivity index (χ0n) is 18.3. The Morgan fingerprint density at radius 3 is 2.67 bits per heavy atom. The van der Waals surface area contributed by atoms with E-state index in [0.29, 0.717) is 22.3 Å². The molecule has 1 aromatic heterocycles. The van der Waals surface area contributed by atoms with Crippen LogP contribution in [0.4, 0.5) is 10.5 Å². The third kappa shape index (κ3) is 3.92. The molecule has 0 radical (unpaired) electrons. The molecule has 0 fully saturated rings. The number of H-pyrrole nitrogens is 1. The predicted octanol–water partition coefficient (Wildman–Crippen LogP) is 6.97. The molecule has 0 saturated carbocycles. The highest BCUT2D eigenvalue weighted by Crippen LogP contribution is 2.40. The summed E-state index contributed by atoms with van der Waals surface area (Å²) in [5, 5.41) is 5.47. The van der Waals surface area contributed by atoms with E-state index in [-0.39, 0.29) is 12.1 Å². The van der Waals surface area contributed by atoms with Gasteiger partial charge in [0.1, 0.15) is 5.75 Å². The highest BCUT2D eigenvalue weighted by atomic mass is 35.5. The molecular weight excluding hydrogens is 457 g/mol. The molecule has 3 aromatic carbocycles.